The largest absolute Gasteiger partial charge is 0.341 e. The van der Waals surface area contributed by atoms with Crippen LogP contribution in [0.4, 0.5) is 0 Å². The standard InChI is InChI=1S/C12H15Cl2N3S/c1-2-3-4-8(15)12-16-6-9(17-12)7-5-10(13)18-11(7)14/h5-6,8H,2-4,15H2,1H3,(H,16,17). The van der Waals surface area contributed by atoms with Gasteiger partial charge in [-0.3, -0.25) is 0 Å². The zero-order valence-electron chi connectivity index (χ0n) is 10.0. The predicted molar refractivity (Wildman–Crippen MR) is 78.4 cm³/mol. The fraction of sp³-hybridized carbons (Fsp3) is 0.417. The summed E-state index contributed by atoms with van der Waals surface area (Å²) in [5, 5.41) is 0. The van der Waals surface area contributed by atoms with Crippen molar-refractivity contribution in [3.05, 3.63) is 26.8 Å². The van der Waals surface area contributed by atoms with Crippen LogP contribution in [0.2, 0.25) is 8.67 Å². The van der Waals surface area contributed by atoms with Crippen LogP contribution >= 0.6 is 34.5 Å². The van der Waals surface area contributed by atoms with E-state index in [4.69, 9.17) is 28.9 Å². The van der Waals surface area contributed by atoms with Gasteiger partial charge >= 0.3 is 0 Å². The lowest BCUT2D eigenvalue weighted by atomic mass is 10.1. The van der Waals surface area contributed by atoms with Crippen LogP contribution in [-0.4, -0.2) is 9.97 Å². The monoisotopic (exact) mass is 303 g/mol. The van der Waals surface area contributed by atoms with E-state index in [0.29, 0.717) is 8.67 Å². The summed E-state index contributed by atoms with van der Waals surface area (Å²) in [6.45, 7) is 2.15. The van der Waals surface area contributed by atoms with E-state index in [2.05, 4.69) is 16.9 Å². The number of aromatic amines is 1. The highest BCUT2D eigenvalue weighted by atomic mass is 35.5. The van der Waals surface area contributed by atoms with Crippen LogP contribution in [0.3, 0.4) is 0 Å². The zero-order chi connectivity index (χ0) is 13.1. The third-order valence-electron chi connectivity index (χ3n) is 2.76. The van der Waals surface area contributed by atoms with Crippen molar-refractivity contribution in [1.29, 1.82) is 0 Å². The van der Waals surface area contributed by atoms with Gasteiger partial charge in [0, 0.05) is 5.56 Å². The first kappa shape index (κ1) is 13.9. The first-order valence-electron chi connectivity index (χ1n) is 5.87. The lowest BCUT2D eigenvalue weighted by Crippen LogP contribution is -2.11. The lowest BCUT2D eigenvalue weighted by molar-refractivity contribution is 0.580. The molecule has 6 heteroatoms. The third kappa shape index (κ3) is 3.06. The number of aromatic nitrogens is 2. The fourth-order valence-electron chi connectivity index (χ4n) is 1.75. The molecule has 0 bridgehead atoms. The van der Waals surface area contributed by atoms with Crippen molar-refractivity contribution in [3.8, 4) is 11.3 Å². The number of nitrogens with zero attached hydrogens (tertiary/aromatic N) is 1. The van der Waals surface area contributed by atoms with Crippen molar-refractivity contribution in [2.45, 2.75) is 32.2 Å². The highest BCUT2D eigenvalue weighted by Gasteiger charge is 2.14. The summed E-state index contributed by atoms with van der Waals surface area (Å²) in [6, 6.07) is 1.79. The molecular formula is C12H15Cl2N3S. The van der Waals surface area contributed by atoms with Gasteiger partial charge in [0.1, 0.15) is 10.2 Å². The summed E-state index contributed by atoms with van der Waals surface area (Å²) >= 11 is 13.4. The van der Waals surface area contributed by atoms with Gasteiger partial charge in [0.05, 0.1) is 22.3 Å². The number of H-pyrrole nitrogens is 1. The van der Waals surface area contributed by atoms with Crippen molar-refractivity contribution >= 4 is 34.5 Å². The average molecular weight is 304 g/mol. The van der Waals surface area contributed by atoms with Crippen molar-refractivity contribution in [3.63, 3.8) is 0 Å². The summed E-state index contributed by atoms with van der Waals surface area (Å²) in [6.07, 6.45) is 4.92. The number of hydrogen-bond donors (Lipinski definition) is 2. The van der Waals surface area contributed by atoms with Gasteiger partial charge in [-0.15, -0.1) is 11.3 Å². The Hall–Kier alpha value is -0.550. The molecule has 0 saturated carbocycles. The molecule has 0 aliphatic heterocycles. The van der Waals surface area contributed by atoms with Crippen molar-refractivity contribution < 1.29 is 0 Å². The zero-order valence-corrected chi connectivity index (χ0v) is 12.4. The lowest BCUT2D eigenvalue weighted by Gasteiger charge is -2.06. The van der Waals surface area contributed by atoms with Gasteiger partial charge in [0.25, 0.3) is 0 Å². The third-order valence-corrected chi connectivity index (χ3v) is 4.25. The summed E-state index contributed by atoms with van der Waals surface area (Å²) < 4.78 is 1.33. The van der Waals surface area contributed by atoms with Crippen LogP contribution in [-0.2, 0) is 0 Å². The van der Waals surface area contributed by atoms with Gasteiger partial charge in [0.15, 0.2) is 0 Å². The van der Waals surface area contributed by atoms with E-state index in [1.54, 1.807) is 6.20 Å². The number of thiophene rings is 1. The summed E-state index contributed by atoms with van der Waals surface area (Å²) in [5.41, 5.74) is 7.81. The quantitative estimate of drug-likeness (QED) is 0.845. The molecule has 1 unspecified atom stereocenters. The molecule has 3 N–H and O–H groups in total. The molecular weight excluding hydrogens is 289 g/mol. The van der Waals surface area contributed by atoms with Gasteiger partial charge in [-0.1, -0.05) is 43.0 Å². The molecule has 0 radical (unpaired) electrons. The molecule has 2 rings (SSSR count). The van der Waals surface area contributed by atoms with Crippen LogP contribution in [0, 0.1) is 0 Å². The molecule has 2 aromatic heterocycles. The number of nitrogens with one attached hydrogen (secondary N) is 1. The minimum Gasteiger partial charge on any atom is -0.341 e. The molecule has 2 aromatic rings. The molecule has 2 heterocycles. The Labute approximate surface area is 120 Å². The van der Waals surface area contributed by atoms with Gasteiger partial charge in [-0.25, -0.2) is 4.98 Å². The van der Waals surface area contributed by atoms with E-state index < -0.39 is 0 Å². The van der Waals surface area contributed by atoms with Crippen LogP contribution < -0.4 is 5.73 Å². The number of hydrogen-bond acceptors (Lipinski definition) is 3. The topological polar surface area (TPSA) is 54.7 Å². The molecule has 98 valence electrons. The van der Waals surface area contributed by atoms with Crippen molar-refractivity contribution in [2.24, 2.45) is 5.73 Å². The minimum absolute atomic E-state index is 0.0495. The van der Waals surface area contributed by atoms with Gasteiger partial charge in [-0.05, 0) is 12.5 Å². The first-order chi connectivity index (χ1) is 8.61. The van der Waals surface area contributed by atoms with E-state index >= 15 is 0 Å². The van der Waals surface area contributed by atoms with Gasteiger partial charge in [-0.2, -0.15) is 0 Å². The maximum absolute atomic E-state index is 6.11. The second-order valence-electron chi connectivity index (χ2n) is 4.17. The Bertz CT molecular complexity index is 521. The van der Waals surface area contributed by atoms with Crippen molar-refractivity contribution in [2.75, 3.05) is 0 Å². The van der Waals surface area contributed by atoms with Gasteiger partial charge < -0.3 is 10.7 Å². The SMILES string of the molecule is CCCCC(N)c1ncc(-c2cc(Cl)sc2Cl)[nH]1. The fourth-order valence-corrected chi connectivity index (χ4v) is 3.24. The smallest absolute Gasteiger partial charge is 0.123 e. The second-order valence-corrected chi connectivity index (χ2v) is 6.45. The first-order valence-corrected chi connectivity index (χ1v) is 7.44. The average Bonchev–Trinajstić information content (AvgIpc) is 2.92. The number of unbranched alkanes of at least 4 members (excludes halogenated alkanes) is 1. The van der Waals surface area contributed by atoms with Crippen LogP contribution in [0.25, 0.3) is 11.3 Å². The Morgan fingerprint density at radius 3 is 2.89 bits per heavy atom. The highest BCUT2D eigenvalue weighted by Crippen LogP contribution is 2.37. The van der Waals surface area contributed by atoms with E-state index in [0.717, 1.165) is 36.3 Å². The Balaban J connectivity index is 2.17. The number of nitrogens with two attached hydrogens (primary N) is 1. The van der Waals surface area contributed by atoms with Crippen LogP contribution in [0.5, 0.6) is 0 Å². The molecule has 0 fully saturated rings. The summed E-state index contributed by atoms with van der Waals surface area (Å²) in [7, 11) is 0. The van der Waals surface area contributed by atoms with Gasteiger partial charge in [0.2, 0.25) is 0 Å². The Morgan fingerprint density at radius 2 is 2.28 bits per heavy atom. The van der Waals surface area contributed by atoms with Crippen LogP contribution in [0.1, 0.15) is 38.1 Å². The van der Waals surface area contributed by atoms with E-state index in [9.17, 15) is 0 Å². The molecule has 0 aromatic carbocycles. The van der Waals surface area contributed by atoms with Crippen LogP contribution in [0.15, 0.2) is 12.3 Å². The number of rotatable bonds is 5. The summed E-state index contributed by atoms with van der Waals surface area (Å²) in [5.74, 6) is 0.803. The molecule has 0 amide bonds. The van der Waals surface area contributed by atoms with Crippen molar-refractivity contribution in [1.82, 2.24) is 9.97 Å². The summed E-state index contributed by atoms with van der Waals surface area (Å²) in [4.78, 5) is 7.54. The molecule has 0 spiro atoms. The minimum atomic E-state index is -0.0495. The molecule has 18 heavy (non-hydrogen) atoms. The molecule has 0 aliphatic rings. The predicted octanol–water partition coefficient (Wildman–Crippen LogP) is 4.64. The Kier molecular flexibility index (Phi) is 4.67. The molecule has 0 saturated heterocycles. The molecule has 0 aliphatic carbocycles. The normalized spacial score (nSPS) is 12.9. The maximum Gasteiger partial charge on any atom is 0.123 e. The Morgan fingerprint density at radius 1 is 1.50 bits per heavy atom. The molecule has 1 atom stereocenters. The number of imidazole rings is 1. The van der Waals surface area contributed by atoms with E-state index in [1.165, 1.54) is 11.3 Å². The van der Waals surface area contributed by atoms with E-state index in [1.807, 2.05) is 6.07 Å². The van der Waals surface area contributed by atoms with E-state index in [-0.39, 0.29) is 6.04 Å². The molecule has 3 nitrogen and oxygen atoms in total. The second kappa shape index (κ2) is 6.06. The number of halogens is 2. The maximum atomic E-state index is 6.11. The highest BCUT2D eigenvalue weighted by molar-refractivity contribution is 7.20.